The van der Waals surface area contributed by atoms with Gasteiger partial charge in [0.05, 0.1) is 5.56 Å². The van der Waals surface area contributed by atoms with Crippen molar-refractivity contribution >= 4 is 22.0 Å². The quantitative estimate of drug-likeness (QED) is 0.477. The summed E-state index contributed by atoms with van der Waals surface area (Å²) >= 11 is 1.30. The van der Waals surface area contributed by atoms with Crippen LogP contribution in [-0.2, 0) is 6.18 Å². The van der Waals surface area contributed by atoms with E-state index in [-0.39, 0.29) is 5.82 Å². The molecule has 0 radical (unpaired) electrons. The molecule has 0 saturated carbocycles. The Morgan fingerprint density at radius 1 is 1.00 bits per heavy atom. The molecule has 0 spiro atoms. The van der Waals surface area contributed by atoms with Gasteiger partial charge in [0.2, 0.25) is 5.13 Å². The first kappa shape index (κ1) is 19.3. The van der Waals surface area contributed by atoms with Gasteiger partial charge in [0, 0.05) is 18.3 Å². The fourth-order valence-corrected chi connectivity index (χ4v) is 3.91. The van der Waals surface area contributed by atoms with Gasteiger partial charge in [-0.1, -0.05) is 35.6 Å². The summed E-state index contributed by atoms with van der Waals surface area (Å²) in [5, 5.41) is 9.46. The minimum absolute atomic E-state index is 0.288. The number of halogens is 4. The van der Waals surface area contributed by atoms with Gasteiger partial charge in [-0.05, 0) is 54.0 Å². The minimum atomic E-state index is -4.37. The lowest BCUT2D eigenvalue weighted by molar-refractivity contribution is -0.137. The van der Waals surface area contributed by atoms with Crippen molar-refractivity contribution in [3.63, 3.8) is 0 Å². The second-order valence-corrected chi connectivity index (χ2v) is 7.57. The maximum atomic E-state index is 13.5. The third-order valence-corrected chi connectivity index (χ3v) is 5.55. The third-order valence-electron chi connectivity index (χ3n) is 4.54. The number of alkyl halides is 3. The maximum Gasteiger partial charge on any atom is 0.416 e. The Balaban J connectivity index is 1.53. The molecule has 0 saturated heterocycles. The van der Waals surface area contributed by atoms with Crippen LogP contribution in [0, 0.1) is 5.82 Å². The zero-order valence-electron chi connectivity index (χ0n) is 15.2. The van der Waals surface area contributed by atoms with Crippen molar-refractivity contribution in [1.29, 1.82) is 0 Å². The van der Waals surface area contributed by atoms with Crippen molar-refractivity contribution in [2.24, 2.45) is 0 Å². The Morgan fingerprint density at radius 2 is 1.76 bits per heavy atom. The van der Waals surface area contributed by atoms with Gasteiger partial charge in [0.15, 0.2) is 0 Å². The SMILES string of the molecule is CC1=C(c2cccc(F)c2)C=CN(c2nnc(-c3ccc(C(F)(F)F)cc3)s2)C1. The predicted octanol–water partition coefficient (Wildman–Crippen LogP) is 6.17. The second-order valence-electron chi connectivity index (χ2n) is 6.61. The van der Waals surface area contributed by atoms with Gasteiger partial charge in [-0.3, -0.25) is 0 Å². The lowest BCUT2D eigenvalue weighted by atomic mass is 9.98. The van der Waals surface area contributed by atoms with E-state index in [2.05, 4.69) is 10.2 Å². The molecule has 0 aliphatic carbocycles. The lowest BCUT2D eigenvalue weighted by Gasteiger charge is -2.23. The highest BCUT2D eigenvalue weighted by Crippen LogP contribution is 2.35. The van der Waals surface area contributed by atoms with Gasteiger partial charge >= 0.3 is 6.18 Å². The molecule has 2 heterocycles. The van der Waals surface area contributed by atoms with Crippen LogP contribution in [0.3, 0.4) is 0 Å². The number of hydrogen-bond donors (Lipinski definition) is 0. The molecule has 2 aromatic carbocycles. The van der Waals surface area contributed by atoms with Crippen molar-refractivity contribution < 1.29 is 17.6 Å². The molecule has 0 fully saturated rings. The van der Waals surface area contributed by atoms with Crippen LogP contribution >= 0.6 is 11.3 Å². The third kappa shape index (κ3) is 4.07. The largest absolute Gasteiger partial charge is 0.416 e. The Labute approximate surface area is 168 Å². The van der Waals surface area contributed by atoms with E-state index in [9.17, 15) is 17.6 Å². The molecule has 4 rings (SSSR count). The number of benzene rings is 2. The summed E-state index contributed by atoms with van der Waals surface area (Å²) in [7, 11) is 0. The number of aromatic nitrogens is 2. The molecule has 0 bridgehead atoms. The van der Waals surface area contributed by atoms with Crippen LogP contribution in [0.25, 0.3) is 16.1 Å². The molecule has 1 aromatic heterocycles. The van der Waals surface area contributed by atoms with Crippen LogP contribution in [0.5, 0.6) is 0 Å². The summed E-state index contributed by atoms with van der Waals surface area (Å²) in [6, 6.07) is 11.3. The number of nitrogens with zero attached hydrogens (tertiary/aromatic N) is 3. The molecule has 1 aliphatic rings. The molecule has 0 atom stereocenters. The Morgan fingerprint density at radius 3 is 2.41 bits per heavy atom. The van der Waals surface area contributed by atoms with Crippen molar-refractivity contribution in [3.8, 4) is 10.6 Å². The summed E-state index contributed by atoms with van der Waals surface area (Å²) < 4.78 is 51.7. The van der Waals surface area contributed by atoms with Crippen molar-refractivity contribution in [1.82, 2.24) is 10.2 Å². The minimum Gasteiger partial charge on any atom is -0.319 e. The van der Waals surface area contributed by atoms with Gasteiger partial charge in [-0.2, -0.15) is 13.2 Å². The van der Waals surface area contributed by atoms with E-state index in [1.54, 1.807) is 6.07 Å². The van der Waals surface area contributed by atoms with Gasteiger partial charge < -0.3 is 4.90 Å². The van der Waals surface area contributed by atoms with Gasteiger partial charge in [-0.25, -0.2) is 4.39 Å². The number of rotatable bonds is 3. The van der Waals surface area contributed by atoms with E-state index in [0.29, 0.717) is 22.2 Å². The average molecular weight is 417 g/mol. The standard InChI is InChI=1S/C21H15F4N3S/c1-13-12-28(10-9-18(13)15-3-2-4-17(22)11-15)20-27-26-19(29-20)14-5-7-16(8-6-14)21(23,24)25/h2-11H,12H2,1H3. The normalized spacial score (nSPS) is 14.6. The summed E-state index contributed by atoms with van der Waals surface area (Å²) in [5.41, 5.74) is 2.68. The first-order valence-corrected chi connectivity index (χ1v) is 9.54. The van der Waals surface area contributed by atoms with Crippen molar-refractivity contribution in [2.75, 3.05) is 11.4 Å². The Kier molecular flexibility index (Phi) is 4.96. The van der Waals surface area contributed by atoms with E-state index in [0.717, 1.165) is 28.8 Å². The number of allylic oxidation sites excluding steroid dienone is 2. The smallest absolute Gasteiger partial charge is 0.319 e. The molecule has 3 aromatic rings. The van der Waals surface area contributed by atoms with Crippen LogP contribution in [0.1, 0.15) is 18.1 Å². The van der Waals surface area contributed by atoms with Crippen molar-refractivity contribution in [2.45, 2.75) is 13.1 Å². The van der Waals surface area contributed by atoms with Crippen molar-refractivity contribution in [3.05, 3.63) is 83.3 Å². The van der Waals surface area contributed by atoms with E-state index >= 15 is 0 Å². The van der Waals surface area contributed by atoms with Crippen LogP contribution in [0.2, 0.25) is 0 Å². The average Bonchev–Trinajstić information content (AvgIpc) is 3.17. The lowest BCUT2D eigenvalue weighted by Crippen LogP contribution is -2.21. The summed E-state index contributed by atoms with van der Waals surface area (Å²) in [6.45, 7) is 2.53. The highest BCUT2D eigenvalue weighted by molar-refractivity contribution is 7.18. The van der Waals surface area contributed by atoms with Crippen LogP contribution in [-0.4, -0.2) is 16.7 Å². The first-order chi connectivity index (χ1) is 13.8. The Hall–Kier alpha value is -3.00. The fourth-order valence-electron chi connectivity index (χ4n) is 3.08. The molecule has 0 unspecified atom stereocenters. The van der Waals surface area contributed by atoms with Gasteiger partial charge in [0.1, 0.15) is 10.8 Å². The van der Waals surface area contributed by atoms with Crippen LogP contribution < -0.4 is 4.90 Å². The van der Waals surface area contributed by atoms with E-state index in [1.807, 2.05) is 30.2 Å². The Bertz CT molecular complexity index is 1100. The molecule has 148 valence electrons. The zero-order chi connectivity index (χ0) is 20.6. The van der Waals surface area contributed by atoms with E-state index < -0.39 is 11.7 Å². The molecule has 8 heteroatoms. The number of hydrogen-bond acceptors (Lipinski definition) is 4. The topological polar surface area (TPSA) is 29.0 Å². The molecule has 0 amide bonds. The summed E-state index contributed by atoms with van der Waals surface area (Å²) in [6.07, 6.45) is -0.621. The predicted molar refractivity (Wildman–Crippen MR) is 106 cm³/mol. The number of anilines is 1. The van der Waals surface area contributed by atoms with Gasteiger partial charge in [-0.15, -0.1) is 10.2 Å². The second kappa shape index (κ2) is 7.44. The molecular weight excluding hydrogens is 402 g/mol. The molecule has 29 heavy (non-hydrogen) atoms. The van der Waals surface area contributed by atoms with Crippen LogP contribution in [0.15, 0.2) is 66.4 Å². The summed E-state index contributed by atoms with van der Waals surface area (Å²) in [4.78, 5) is 1.91. The van der Waals surface area contributed by atoms with Gasteiger partial charge in [0.25, 0.3) is 0 Å². The monoisotopic (exact) mass is 417 g/mol. The first-order valence-electron chi connectivity index (χ1n) is 8.73. The fraction of sp³-hybridized carbons (Fsp3) is 0.143. The summed E-state index contributed by atoms with van der Waals surface area (Å²) in [5.74, 6) is -0.288. The van der Waals surface area contributed by atoms with E-state index in [4.69, 9.17) is 0 Å². The van der Waals surface area contributed by atoms with Crippen LogP contribution in [0.4, 0.5) is 22.7 Å². The zero-order valence-corrected chi connectivity index (χ0v) is 16.1. The maximum absolute atomic E-state index is 13.5. The highest BCUT2D eigenvalue weighted by atomic mass is 32.1. The highest BCUT2D eigenvalue weighted by Gasteiger charge is 2.30. The molecule has 3 nitrogen and oxygen atoms in total. The molecule has 1 aliphatic heterocycles. The van der Waals surface area contributed by atoms with E-state index in [1.165, 1.54) is 35.6 Å². The molecular formula is C21H15F4N3S. The molecule has 0 N–H and O–H groups in total.